The number of hydrogen-bond acceptors (Lipinski definition) is 3. The van der Waals surface area contributed by atoms with Gasteiger partial charge in [0.15, 0.2) is 0 Å². The van der Waals surface area contributed by atoms with Crippen molar-refractivity contribution in [3.8, 4) is 0 Å². The lowest BCUT2D eigenvalue weighted by Crippen LogP contribution is -2.30. The number of nitrogens with zero attached hydrogens (tertiary/aromatic N) is 2. The third-order valence-corrected chi connectivity index (χ3v) is 2.79. The zero-order valence-corrected chi connectivity index (χ0v) is 9.12. The quantitative estimate of drug-likeness (QED) is 0.753. The van der Waals surface area contributed by atoms with Gasteiger partial charge >= 0.3 is 0 Å². The first kappa shape index (κ1) is 11.3. The van der Waals surface area contributed by atoms with Crippen molar-refractivity contribution in [3.63, 3.8) is 0 Å². The van der Waals surface area contributed by atoms with Crippen LogP contribution in [-0.4, -0.2) is 40.1 Å². The normalized spacial score (nSPS) is 20.2. The maximum Gasteiger partial charge on any atom is 0.257 e. The van der Waals surface area contributed by atoms with Gasteiger partial charge in [0.1, 0.15) is 11.0 Å². The molecule has 4 nitrogen and oxygen atoms in total. The SMILES string of the molecule is O=C(c1cc(F)cnc1Cl)N1CC[C@H](O)C1. The standard InChI is InChI=1S/C10H10ClFN2O2/c11-9-8(3-6(12)4-13-9)10(16)14-2-1-7(15)5-14/h3-4,7,15H,1-2,5H2/t7-/m0/s1. The number of hydrogen-bond donors (Lipinski definition) is 1. The number of carbonyl (C=O) groups excluding carboxylic acids is 1. The van der Waals surface area contributed by atoms with Crippen LogP contribution in [0.15, 0.2) is 12.3 Å². The summed E-state index contributed by atoms with van der Waals surface area (Å²) in [5, 5.41) is 9.28. The molecule has 0 spiro atoms. The fourth-order valence-corrected chi connectivity index (χ4v) is 1.85. The lowest BCUT2D eigenvalue weighted by molar-refractivity contribution is 0.0764. The van der Waals surface area contributed by atoms with Crippen molar-refractivity contribution in [2.75, 3.05) is 13.1 Å². The molecule has 2 heterocycles. The molecule has 1 amide bonds. The molecule has 0 aromatic carbocycles. The summed E-state index contributed by atoms with van der Waals surface area (Å²) in [5.41, 5.74) is 0.0377. The molecule has 0 radical (unpaired) electrons. The fourth-order valence-electron chi connectivity index (χ4n) is 1.67. The van der Waals surface area contributed by atoms with Crippen molar-refractivity contribution in [2.24, 2.45) is 0 Å². The van der Waals surface area contributed by atoms with Gasteiger partial charge in [0.25, 0.3) is 5.91 Å². The van der Waals surface area contributed by atoms with E-state index in [2.05, 4.69) is 4.98 Å². The van der Waals surface area contributed by atoms with E-state index in [1.54, 1.807) is 0 Å². The number of likely N-dealkylation sites (tertiary alicyclic amines) is 1. The largest absolute Gasteiger partial charge is 0.391 e. The molecule has 1 N–H and O–H groups in total. The van der Waals surface area contributed by atoms with Gasteiger partial charge in [-0.15, -0.1) is 0 Å². The number of halogens is 2. The highest BCUT2D eigenvalue weighted by Gasteiger charge is 2.27. The molecular formula is C10H10ClFN2O2. The summed E-state index contributed by atoms with van der Waals surface area (Å²) in [6.45, 7) is 0.707. The third-order valence-electron chi connectivity index (χ3n) is 2.49. The van der Waals surface area contributed by atoms with Crippen LogP contribution in [0.2, 0.25) is 5.15 Å². The van der Waals surface area contributed by atoms with Crippen LogP contribution in [0.25, 0.3) is 0 Å². The molecule has 2 rings (SSSR count). The molecule has 0 bridgehead atoms. The van der Waals surface area contributed by atoms with E-state index >= 15 is 0 Å². The first-order valence-corrected chi connectivity index (χ1v) is 5.24. The Bertz CT molecular complexity index is 427. The smallest absolute Gasteiger partial charge is 0.257 e. The Hall–Kier alpha value is -1.20. The maximum absolute atomic E-state index is 12.9. The van der Waals surface area contributed by atoms with Crippen molar-refractivity contribution in [3.05, 3.63) is 28.8 Å². The minimum Gasteiger partial charge on any atom is -0.391 e. The Kier molecular flexibility index (Phi) is 3.07. The Morgan fingerprint density at radius 2 is 2.44 bits per heavy atom. The van der Waals surface area contributed by atoms with E-state index in [0.29, 0.717) is 13.0 Å². The first-order valence-electron chi connectivity index (χ1n) is 4.86. The van der Waals surface area contributed by atoms with Crippen molar-refractivity contribution < 1.29 is 14.3 Å². The van der Waals surface area contributed by atoms with Gasteiger partial charge in [-0.1, -0.05) is 11.6 Å². The molecule has 0 unspecified atom stereocenters. The van der Waals surface area contributed by atoms with E-state index in [4.69, 9.17) is 11.6 Å². The van der Waals surface area contributed by atoms with E-state index in [9.17, 15) is 14.3 Å². The highest BCUT2D eigenvalue weighted by atomic mass is 35.5. The van der Waals surface area contributed by atoms with Crippen molar-refractivity contribution >= 4 is 17.5 Å². The van der Waals surface area contributed by atoms with Gasteiger partial charge in [0, 0.05) is 13.1 Å². The lowest BCUT2D eigenvalue weighted by Gasteiger charge is -2.15. The number of carbonyl (C=O) groups is 1. The van der Waals surface area contributed by atoms with Crippen LogP contribution in [0, 0.1) is 5.82 Å². The monoisotopic (exact) mass is 244 g/mol. The molecule has 1 fully saturated rings. The molecule has 86 valence electrons. The summed E-state index contributed by atoms with van der Waals surface area (Å²) in [7, 11) is 0. The Morgan fingerprint density at radius 3 is 3.06 bits per heavy atom. The Labute approximate surface area is 96.7 Å². The van der Waals surface area contributed by atoms with Gasteiger partial charge in [0.2, 0.25) is 0 Å². The first-order chi connectivity index (χ1) is 7.58. The van der Waals surface area contributed by atoms with Crippen LogP contribution < -0.4 is 0 Å². The van der Waals surface area contributed by atoms with Crippen LogP contribution >= 0.6 is 11.6 Å². The average molecular weight is 245 g/mol. The summed E-state index contributed by atoms with van der Waals surface area (Å²) in [5.74, 6) is -0.999. The predicted molar refractivity (Wildman–Crippen MR) is 55.7 cm³/mol. The van der Waals surface area contributed by atoms with Gasteiger partial charge in [-0.25, -0.2) is 9.37 Å². The molecule has 0 saturated carbocycles. The van der Waals surface area contributed by atoms with Gasteiger partial charge in [-0.2, -0.15) is 0 Å². The Morgan fingerprint density at radius 1 is 1.69 bits per heavy atom. The minimum absolute atomic E-state index is 0.0206. The molecule has 0 aliphatic carbocycles. The van der Waals surface area contributed by atoms with Gasteiger partial charge in [-0.3, -0.25) is 4.79 Å². The number of rotatable bonds is 1. The van der Waals surface area contributed by atoms with E-state index in [1.807, 2.05) is 0 Å². The van der Waals surface area contributed by atoms with Gasteiger partial charge < -0.3 is 10.0 Å². The molecular weight excluding hydrogens is 235 g/mol. The highest BCUT2D eigenvalue weighted by molar-refractivity contribution is 6.32. The minimum atomic E-state index is -0.604. The predicted octanol–water partition coefficient (Wildman–Crippen LogP) is 1.08. The van der Waals surface area contributed by atoms with Gasteiger partial charge in [-0.05, 0) is 12.5 Å². The van der Waals surface area contributed by atoms with Crippen LogP contribution in [0.4, 0.5) is 4.39 Å². The summed E-state index contributed by atoms with van der Waals surface area (Å²) < 4.78 is 12.9. The topological polar surface area (TPSA) is 53.4 Å². The summed E-state index contributed by atoms with van der Waals surface area (Å²) in [6.07, 6.45) is 0.980. The molecule has 6 heteroatoms. The number of pyridine rings is 1. The van der Waals surface area contributed by atoms with Crippen LogP contribution in [0.5, 0.6) is 0 Å². The zero-order valence-electron chi connectivity index (χ0n) is 8.36. The Balaban J connectivity index is 2.23. The molecule has 1 aliphatic heterocycles. The average Bonchev–Trinajstić information content (AvgIpc) is 2.67. The van der Waals surface area contributed by atoms with E-state index in [-0.39, 0.29) is 17.3 Å². The maximum atomic E-state index is 12.9. The third kappa shape index (κ3) is 2.15. The molecule has 1 aromatic heterocycles. The van der Waals surface area contributed by atoms with Crippen LogP contribution in [-0.2, 0) is 0 Å². The zero-order chi connectivity index (χ0) is 11.7. The summed E-state index contributed by atoms with van der Waals surface area (Å²) in [4.78, 5) is 16.9. The number of aliphatic hydroxyl groups is 1. The van der Waals surface area contributed by atoms with E-state index < -0.39 is 17.8 Å². The molecule has 1 aliphatic rings. The number of aromatic nitrogens is 1. The molecule has 1 atom stereocenters. The van der Waals surface area contributed by atoms with E-state index in [1.165, 1.54) is 4.90 Å². The summed E-state index contributed by atoms with van der Waals surface area (Å²) >= 11 is 5.72. The number of β-amino-alcohol motifs (C(OH)–C–C–N with tert-alkyl or cyclic N) is 1. The number of amides is 1. The molecule has 1 saturated heterocycles. The second-order valence-electron chi connectivity index (χ2n) is 3.69. The second kappa shape index (κ2) is 4.35. The van der Waals surface area contributed by atoms with Crippen LogP contribution in [0.3, 0.4) is 0 Å². The molecule has 1 aromatic rings. The lowest BCUT2D eigenvalue weighted by atomic mass is 10.2. The summed E-state index contributed by atoms with van der Waals surface area (Å²) in [6, 6.07) is 1.06. The van der Waals surface area contributed by atoms with Crippen molar-refractivity contribution in [1.82, 2.24) is 9.88 Å². The second-order valence-corrected chi connectivity index (χ2v) is 4.04. The highest BCUT2D eigenvalue weighted by Crippen LogP contribution is 2.19. The van der Waals surface area contributed by atoms with E-state index in [0.717, 1.165) is 12.3 Å². The van der Waals surface area contributed by atoms with Crippen LogP contribution in [0.1, 0.15) is 16.8 Å². The van der Waals surface area contributed by atoms with Gasteiger partial charge in [0.05, 0.1) is 17.9 Å². The van der Waals surface area contributed by atoms with Crippen molar-refractivity contribution in [1.29, 1.82) is 0 Å². The fraction of sp³-hybridized carbons (Fsp3) is 0.400. The number of aliphatic hydroxyl groups excluding tert-OH is 1. The molecule has 16 heavy (non-hydrogen) atoms. The van der Waals surface area contributed by atoms with Crippen molar-refractivity contribution in [2.45, 2.75) is 12.5 Å².